The van der Waals surface area contributed by atoms with Crippen molar-refractivity contribution in [1.82, 2.24) is 9.78 Å². The van der Waals surface area contributed by atoms with Crippen LogP contribution in [0, 0.1) is 24.0 Å². The van der Waals surface area contributed by atoms with Crippen molar-refractivity contribution in [3.05, 3.63) is 85.3 Å². The molecule has 2 aromatic carbocycles. The maximum atomic E-state index is 13.2. The number of hydrogen-bond acceptors (Lipinski definition) is 6. The second-order valence-electron chi connectivity index (χ2n) is 7.12. The van der Waals surface area contributed by atoms with Gasteiger partial charge in [0.25, 0.3) is 11.2 Å². The average molecular weight is 422 g/mol. The van der Waals surface area contributed by atoms with Crippen LogP contribution in [0.25, 0.3) is 5.69 Å². The molecule has 0 atom stereocenters. The lowest BCUT2D eigenvalue weighted by molar-refractivity contribution is -0.384. The van der Waals surface area contributed by atoms with E-state index in [-0.39, 0.29) is 17.7 Å². The van der Waals surface area contributed by atoms with Crippen molar-refractivity contribution < 1.29 is 14.5 Å². The number of carbonyl (C=O) groups is 1. The Kier molecular flexibility index (Phi) is 6.15. The van der Waals surface area contributed by atoms with Crippen molar-refractivity contribution in [2.75, 3.05) is 7.11 Å². The molecule has 160 valence electrons. The number of carbonyl (C=O) groups excluding carboxylic acids is 1. The predicted molar refractivity (Wildman–Crippen MR) is 117 cm³/mol. The van der Waals surface area contributed by atoms with E-state index in [1.807, 2.05) is 32.0 Å². The molecule has 0 amide bonds. The highest BCUT2D eigenvalue weighted by Gasteiger charge is 2.21. The number of H-pyrrole nitrogens is 1. The highest BCUT2D eigenvalue weighted by Crippen LogP contribution is 2.21. The van der Waals surface area contributed by atoms with E-state index in [1.165, 1.54) is 36.1 Å². The number of nitro benzene ring substituents is 1. The molecule has 0 aliphatic heterocycles. The van der Waals surface area contributed by atoms with E-state index in [2.05, 4.69) is 10.1 Å². The van der Waals surface area contributed by atoms with Gasteiger partial charge in [-0.1, -0.05) is 17.7 Å². The van der Waals surface area contributed by atoms with Gasteiger partial charge in [-0.25, -0.2) is 4.68 Å². The lowest BCUT2D eigenvalue weighted by Crippen LogP contribution is -2.20. The summed E-state index contributed by atoms with van der Waals surface area (Å²) in [6.45, 7) is 5.61. The summed E-state index contributed by atoms with van der Waals surface area (Å²) in [6, 6.07) is 11.3. The molecule has 1 aromatic heterocycles. The van der Waals surface area contributed by atoms with Crippen molar-refractivity contribution in [3.63, 3.8) is 0 Å². The third kappa shape index (κ3) is 4.61. The van der Waals surface area contributed by atoms with Crippen molar-refractivity contribution >= 4 is 23.1 Å². The summed E-state index contributed by atoms with van der Waals surface area (Å²) in [5.74, 6) is -0.516. The standard InChI is InChI=1S/C22H22N4O5/c1-13-5-10-18(14(2)11-13)23-15(3)21-19(12-20(27)31-4)24-25(22(21)28)16-6-8-17(9-7-16)26(29)30/h5-11,24H,12H2,1-4H3. The number of hydrogen-bond donors (Lipinski definition) is 1. The molecule has 9 heteroatoms. The van der Waals surface area contributed by atoms with Crippen LogP contribution in [0.3, 0.4) is 0 Å². The maximum absolute atomic E-state index is 13.2. The molecule has 9 nitrogen and oxygen atoms in total. The second kappa shape index (κ2) is 8.78. The molecule has 31 heavy (non-hydrogen) atoms. The Hall–Kier alpha value is -4.01. The van der Waals surface area contributed by atoms with Gasteiger partial charge >= 0.3 is 5.97 Å². The molecule has 0 unspecified atom stereocenters. The van der Waals surface area contributed by atoms with Gasteiger partial charge < -0.3 is 4.74 Å². The predicted octanol–water partition coefficient (Wildman–Crippen LogP) is 3.55. The fourth-order valence-electron chi connectivity index (χ4n) is 3.27. The first-order chi connectivity index (χ1) is 14.7. The first kappa shape index (κ1) is 21.7. The van der Waals surface area contributed by atoms with Crippen LogP contribution in [0.4, 0.5) is 11.4 Å². The maximum Gasteiger partial charge on any atom is 0.311 e. The molecule has 0 fully saturated rings. The Morgan fingerprint density at radius 1 is 1.19 bits per heavy atom. The van der Waals surface area contributed by atoms with E-state index in [4.69, 9.17) is 4.74 Å². The highest BCUT2D eigenvalue weighted by atomic mass is 16.6. The zero-order valence-electron chi connectivity index (χ0n) is 17.6. The molecule has 0 aliphatic rings. The average Bonchev–Trinajstić information content (AvgIpc) is 3.05. The van der Waals surface area contributed by atoms with Crippen LogP contribution in [-0.2, 0) is 16.0 Å². The first-order valence-corrected chi connectivity index (χ1v) is 9.49. The molecule has 0 spiro atoms. The fraction of sp³-hybridized carbons (Fsp3) is 0.227. The topological polar surface area (TPSA) is 120 Å². The Bertz CT molecular complexity index is 1240. The number of benzene rings is 2. The van der Waals surface area contributed by atoms with Gasteiger partial charge in [0.05, 0.1) is 46.8 Å². The van der Waals surface area contributed by atoms with Gasteiger partial charge in [0.15, 0.2) is 0 Å². The molecule has 1 N–H and O–H groups in total. The van der Waals surface area contributed by atoms with Gasteiger partial charge in [0, 0.05) is 12.1 Å². The molecular weight excluding hydrogens is 400 g/mol. The summed E-state index contributed by atoms with van der Waals surface area (Å²) in [6.07, 6.45) is -0.152. The minimum atomic E-state index is -0.518. The van der Waals surface area contributed by atoms with Crippen LogP contribution in [0.15, 0.2) is 52.3 Å². The zero-order chi connectivity index (χ0) is 22.7. The van der Waals surface area contributed by atoms with Crippen LogP contribution in [0.1, 0.15) is 29.3 Å². The van der Waals surface area contributed by atoms with Crippen molar-refractivity contribution in [2.24, 2.45) is 4.99 Å². The minimum Gasteiger partial charge on any atom is -0.469 e. The zero-order valence-corrected chi connectivity index (χ0v) is 17.6. The number of aryl methyl sites for hydroxylation is 2. The van der Waals surface area contributed by atoms with Crippen molar-refractivity contribution in [2.45, 2.75) is 27.2 Å². The Morgan fingerprint density at radius 2 is 1.87 bits per heavy atom. The molecule has 3 rings (SSSR count). The Morgan fingerprint density at radius 3 is 2.45 bits per heavy atom. The lowest BCUT2D eigenvalue weighted by Gasteiger charge is -2.05. The molecule has 0 bridgehead atoms. The summed E-state index contributed by atoms with van der Waals surface area (Å²) in [4.78, 5) is 40.1. The molecule has 0 aliphatic carbocycles. The Balaban J connectivity index is 2.13. The number of aromatic amines is 1. The quantitative estimate of drug-likeness (QED) is 0.282. The number of rotatable bonds is 6. The lowest BCUT2D eigenvalue weighted by atomic mass is 10.1. The number of aromatic nitrogens is 2. The summed E-state index contributed by atoms with van der Waals surface area (Å²) in [7, 11) is 1.27. The largest absolute Gasteiger partial charge is 0.469 e. The second-order valence-corrected chi connectivity index (χ2v) is 7.12. The number of nitrogens with zero attached hydrogens (tertiary/aromatic N) is 3. The van der Waals surface area contributed by atoms with Crippen molar-refractivity contribution in [1.29, 1.82) is 0 Å². The fourth-order valence-corrected chi connectivity index (χ4v) is 3.27. The van der Waals surface area contributed by atoms with Gasteiger partial charge in [-0.15, -0.1) is 0 Å². The normalized spacial score (nSPS) is 11.4. The van der Waals surface area contributed by atoms with E-state index >= 15 is 0 Å². The summed E-state index contributed by atoms with van der Waals surface area (Å²) in [5, 5.41) is 13.8. The van der Waals surface area contributed by atoms with Crippen LogP contribution in [0.5, 0.6) is 0 Å². The third-order valence-corrected chi connectivity index (χ3v) is 4.84. The molecular formula is C22H22N4O5. The van der Waals surface area contributed by atoms with E-state index in [0.29, 0.717) is 17.1 Å². The van der Waals surface area contributed by atoms with Gasteiger partial charge in [0.2, 0.25) is 0 Å². The molecule has 3 aromatic rings. The smallest absolute Gasteiger partial charge is 0.311 e. The van der Waals surface area contributed by atoms with E-state index in [0.717, 1.165) is 16.8 Å². The summed E-state index contributed by atoms with van der Waals surface area (Å²) >= 11 is 0. The Labute approximate surface area is 178 Å². The van der Waals surface area contributed by atoms with Gasteiger partial charge in [-0.3, -0.25) is 29.8 Å². The molecule has 1 heterocycles. The number of nitro groups is 1. The van der Waals surface area contributed by atoms with Gasteiger partial charge in [-0.05, 0) is 44.5 Å². The monoisotopic (exact) mass is 422 g/mol. The van der Waals surface area contributed by atoms with Gasteiger partial charge in [-0.2, -0.15) is 0 Å². The molecule has 0 saturated heterocycles. The number of non-ortho nitro benzene ring substituents is 1. The third-order valence-electron chi connectivity index (χ3n) is 4.84. The minimum absolute atomic E-state index is 0.0917. The number of aliphatic imine (C=N–C) groups is 1. The number of esters is 1. The highest BCUT2D eigenvalue weighted by molar-refractivity contribution is 6.01. The van der Waals surface area contributed by atoms with Crippen LogP contribution >= 0.6 is 0 Å². The molecule has 0 radical (unpaired) electrons. The first-order valence-electron chi connectivity index (χ1n) is 9.49. The van der Waals surface area contributed by atoms with E-state index in [9.17, 15) is 19.7 Å². The SMILES string of the molecule is COC(=O)Cc1[nH]n(-c2ccc([N+](=O)[O-])cc2)c(=O)c1C(C)=Nc1ccc(C)cc1C. The van der Waals surface area contributed by atoms with E-state index in [1.54, 1.807) is 6.92 Å². The van der Waals surface area contributed by atoms with Gasteiger partial charge in [0.1, 0.15) is 0 Å². The number of ether oxygens (including phenoxy) is 1. The van der Waals surface area contributed by atoms with Crippen LogP contribution in [0.2, 0.25) is 0 Å². The number of methoxy groups -OCH3 is 1. The van der Waals surface area contributed by atoms with Crippen LogP contribution in [-0.4, -0.2) is 33.5 Å². The summed E-state index contributed by atoms with van der Waals surface area (Å²) in [5.41, 5.74) is 3.70. The summed E-state index contributed by atoms with van der Waals surface area (Å²) < 4.78 is 5.99. The molecule has 0 saturated carbocycles. The number of nitrogens with one attached hydrogen (secondary N) is 1. The van der Waals surface area contributed by atoms with Crippen LogP contribution < -0.4 is 5.56 Å². The van der Waals surface area contributed by atoms with Crippen molar-refractivity contribution in [3.8, 4) is 5.69 Å². The van der Waals surface area contributed by atoms with E-state index < -0.39 is 16.5 Å².